The standard InChI is InChI=1S/C23H22FN5O2/c1-31-19-8-4-17(5-9-19)22(15-25)28-10-12-29(13-11-28)23(30)21-14-20(26-27-21)16-2-6-18(24)7-3-16/h2-9,14,22H,10-13H2,1H3,(H,26,27). The Balaban J connectivity index is 1.39. The predicted molar refractivity (Wildman–Crippen MR) is 113 cm³/mol. The molecule has 1 amide bonds. The number of nitrogens with zero attached hydrogens (tertiary/aromatic N) is 4. The van der Waals surface area contributed by atoms with Crippen molar-refractivity contribution < 1.29 is 13.9 Å². The van der Waals surface area contributed by atoms with Gasteiger partial charge in [0.05, 0.1) is 18.9 Å². The fourth-order valence-corrected chi connectivity index (χ4v) is 3.71. The summed E-state index contributed by atoms with van der Waals surface area (Å²) in [5, 5.41) is 16.7. The Morgan fingerprint density at radius 1 is 1.13 bits per heavy atom. The van der Waals surface area contributed by atoms with Crippen LogP contribution in [-0.2, 0) is 0 Å². The van der Waals surface area contributed by atoms with E-state index in [4.69, 9.17) is 4.74 Å². The van der Waals surface area contributed by atoms with Gasteiger partial charge in [0, 0.05) is 31.7 Å². The first kappa shape index (κ1) is 20.6. The van der Waals surface area contributed by atoms with Gasteiger partial charge in [-0.25, -0.2) is 4.39 Å². The minimum Gasteiger partial charge on any atom is -0.497 e. The number of nitrogens with one attached hydrogen (secondary N) is 1. The number of methoxy groups -OCH3 is 1. The highest BCUT2D eigenvalue weighted by Gasteiger charge is 2.28. The summed E-state index contributed by atoms with van der Waals surface area (Å²) >= 11 is 0. The number of rotatable bonds is 5. The van der Waals surface area contributed by atoms with E-state index in [1.165, 1.54) is 12.1 Å². The Labute approximate surface area is 179 Å². The van der Waals surface area contributed by atoms with Crippen molar-refractivity contribution >= 4 is 5.91 Å². The molecule has 31 heavy (non-hydrogen) atoms. The molecule has 3 aromatic rings. The van der Waals surface area contributed by atoms with Crippen molar-refractivity contribution in [2.75, 3.05) is 33.3 Å². The quantitative estimate of drug-likeness (QED) is 0.686. The van der Waals surface area contributed by atoms with E-state index in [-0.39, 0.29) is 17.8 Å². The molecule has 158 valence electrons. The second kappa shape index (κ2) is 8.98. The Morgan fingerprint density at radius 2 is 1.81 bits per heavy atom. The van der Waals surface area contributed by atoms with E-state index < -0.39 is 0 Å². The second-order valence-corrected chi connectivity index (χ2v) is 7.31. The fourth-order valence-electron chi connectivity index (χ4n) is 3.71. The number of piperazine rings is 1. The molecule has 7 nitrogen and oxygen atoms in total. The second-order valence-electron chi connectivity index (χ2n) is 7.31. The van der Waals surface area contributed by atoms with Gasteiger partial charge in [-0.2, -0.15) is 10.4 Å². The van der Waals surface area contributed by atoms with E-state index in [9.17, 15) is 14.4 Å². The smallest absolute Gasteiger partial charge is 0.271 e. The Bertz CT molecular complexity index is 1080. The monoisotopic (exact) mass is 419 g/mol. The van der Waals surface area contributed by atoms with Crippen LogP contribution in [0.2, 0.25) is 0 Å². The van der Waals surface area contributed by atoms with Gasteiger partial charge < -0.3 is 9.64 Å². The van der Waals surface area contributed by atoms with E-state index in [2.05, 4.69) is 21.2 Å². The Morgan fingerprint density at radius 3 is 2.42 bits per heavy atom. The van der Waals surface area contributed by atoms with Gasteiger partial charge >= 0.3 is 0 Å². The lowest BCUT2D eigenvalue weighted by atomic mass is 10.1. The number of aromatic nitrogens is 2. The van der Waals surface area contributed by atoms with Crippen LogP contribution < -0.4 is 4.74 Å². The molecule has 1 aliphatic rings. The van der Waals surface area contributed by atoms with Crippen molar-refractivity contribution in [3.63, 3.8) is 0 Å². The number of aromatic amines is 1. The first-order valence-electron chi connectivity index (χ1n) is 9.97. The first-order valence-corrected chi connectivity index (χ1v) is 9.97. The molecule has 1 atom stereocenters. The minimum absolute atomic E-state index is 0.140. The van der Waals surface area contributed by atoms with Gasteiger partial charge in [0.25, 0.3) is 5.91 Å². The van der Waals surface area contributed by atoms with Crippen LogP contribution in [0.3, 0.4) is 0 Å². The van der Waals surface area contributed by atoms with Crippen LogP contribution in [0, 0.1) is 17.1 Å². The summed E-state index contributed by atoms with van der Waals surface area (Å²) in [4.78, 5) is 16.7. The van der Waals surface area contributed by atoms with Gasteiger partial charge in [0.15, 0.2) is 0 Å². The van der Waals surface area contributed by atoms with E-state index in [1.807, 2.05) is 24.3 Å². The summed E-state index contributed by atoms with van der Waals surface area (Å²) in [7, 11) is 1.61. The van der Waals surface area contributed by atoms with Crippen molar-refractivity contribution in [3.8, 4) is 23.1 Å². The van der Waals surface area contributed by atoms with Crippen LogP contribution in [0.5, 0.6) is 5.75 Å². The van der Waals surface area contributed by atoms with Crippen LogP contribution in [0.15, 0.2) is 54.6 Å². The fraction of sp³-hybridized carbons (Fsp3) is 0.261. The third kappa shape index (κ3) is 4.42. The largest absolute Gasteiger partial charge is 0.497 e. The molecule has 0 bridgehead atoms. The molecule has 0 radical (unpaired) electrons. The molecule has 1 aliphatic heterocycles. The number of benzene rings is 2. The molecule has 1 fully saturated rings. The van der Waals surface area contributed by atoms with Gasteiger partial charge in [-0.15, -0.1) is 0 Å². The maximum atomic E-state index is 13.1. The zero-order valence-electron chi connectivity index (χ0n) is 17.1. The number of H-pyrrole nitrogens is 1. The molecule has 1 unspecified atom stereocenters. The number of halogens is 1. The van der Waals surface area contributed by atoms with Crippen molar-refractivity contribution in [1.82, 2.24) is 20.0 Å². The van der Waals surface area contributed by atoms with Crippen LogP contribution in [0.1, 0.15) is 22.1 Å². The van der Waals surface area contributed by atoms with E-state index in [1.54, 1.807) is 30.2 Å². The van der Waals surface area contributed by atoms with Crippen LogP contribution in [0.25, 0.3) is 11.3 Å². The Hall–Kier alpha value is -3.70. The summed E-state index contributed by atoms with van der Waals surface area (Å²) in [5.41, 5.74) is 2.62. The number of amides is 1. The van der Waals surface area contributed by atoms with Crippen molar-refractivity contribution in [3.05, 3.63) is 71.7 Å². The van der Waals surface area contributed by atoms with Gasteiger partial charge in [0.2, 0.25) is 0 Å². The molecule has 0 aliphatic carbocycles. The number of ether oxygens (including phenoxy) is 1. The molecule has 8 heteroatoms. The molecular formula is C23H22FN5O2. The Kier molecular flexibility index (Phi) is 5.96. The zero-order chi connectivity index (χ0) is 21.8. The van der Waals surface area contributed by atoms with Crippen molar-refractivity contribution in [1.29, 1.82) is 5.26 Å². The SMILES string of the molecule is COc1ccc(C(C#N)N2CCN(C(=O)c3cc(-c4ccc(F)cc4)n[nH]3)CC2)cc1. The van der Waals surface area contributed by atoms with E-state index >= 15 is 0 Å². The molecule has 4 rings (SSSR count). The summed E-state index contributed by atoms with van der Waals surface area (Å²) in [6, 6.07) is 17.1. The summed E-state index contributed by atoms with van der Waals surface area (Å²) in [5.74, 6) is 0.285. The van der Waals surface area contributed by atoms with Gasteiger partial charge in [-0.05, 0) is 48.0 Å². The number of hydrogen-bond acceptors (Lipinski definition) is 5. The number of carbonyl (C=O) groups is 1. The highest BCUT2D eigenvalue weighted by atomic mass is 19.1. The lowest BCUT2D eigenvalue weighted by molar-refractivity contribution is 0.0600. The minimum atomic E-state index is -0.375. The molecule has 2 heterocycles. The third-order valence-electron chi connectivity index (χ3n) is 5.47. The van der Waals surface area contributed by atoms with Crippen molar-refractivity contribution in [2.45, 2.75) is 6.04 Å². The van der Waals surface area contributed by atoms with Gasteiger partial charge in [-0.1, -0.05) is 12.1 Å². The molecule has 2 aromatic carbocycles. The number of carbonyl (C=O) groups excluding carboxylic acids is 1. The van der Waals surface area contributed by atoms with E-state index in [0.717, 1.165) is 16.9 Å². The van der Waals surface area contributed by atoms with Crippen LogP contribution in [0.4, 0.5) is 4.39 Å². The number of nitriles is 1. The van der Waals surface area contributed by atoms with Crippen LogP contribution in [-0.4, -0.2) is 59.2 Å². The van der Waals surface area contributed by atoms with Gasteiger partial charge in [0.1, 0.15) is 23.3 Å². The summed E-state index contributed by atoms with van der Waals surface area (Å²) in [6.45, 7) is 2.21. The highest BCUT2D eigenvalue weighted by molar-refractivity contribution is 5.93. The topological polar surface area (TPSA) is 85.2 Å². The molecule has 1 N–H and O–H groups in total. The zero-order valence-corrected chi connectivity index (χ0v) is 17.1. The highest BCUT2D eigenvalue weighted by Crippen LogP contribution is 2.24. The summed E-state index contributed by atoms with van der Waals surface area (Å²) in [6.07, 6.45) is 0. The lowest BCUT2D eigenvalue weighted by Gasteiger charge is -2.36. The average molecular weight is 419 g/mol. The molecular weight excluding hydrogens is 397 g/mol. The molecule has 0 saturated carbocycles. The third-order valence-corrected chi connectivity index (χ3v) is 5.47. The molecule has 1 aromatic heterocycles. The van der Waals surface area contributed by atoms with Gasteiger partial charge in [-0.3, -0.25) is 14.8 Å². The average Bonchev–Trinajstić information content (AvgIpc) is 3.31. The normalized spacial score (nSPS) is 15.3. The predicted octanol–water partition coefficient (Wildman–Crippen LogP) is 3.25. The van der Waals surface area contributed by atoms with Crippen molar-refractivity contribution in [2.24, 2.45) is 0 Å². The maximum Gasteiger partial charge on any atom is 0.271 e. The number of hydrogen-bond donors (Lipinski definition) is 1. The first-order chi connectivity index (χ1) is 15.1. The van der Waals surface area contributed by atoms with E-state index in [0.29, 0.717) is 37.6 Å². The molecule has 0 spiro atoms. The lowest BCUT2D eigenvalue weighted by Crippen LogP contribution is -2.49. The molecule has 1 saturated heterocycles. The summed E-state index contributed by atoms with van der Waals surface area (Å²) < 4.78 is 18.3. The van der Waals surface area contributed by atoms with Crippen LogP contribution >= 0.6 is 0 Å². The maximum absolute atomic E-state index is 13.1.